The number of hydrazone groups is 1. The first-order valence-electron chi connectivity index (χ1n) is 8.32. The minimum atomic E-state index is -0.930. The van der Waals surface area contributed by atoms with Crippen molar-refractivity contribution in [1.82, 2.24) is 15.6 Å². The molecule has 8 heteroatoms. The summed E-state index contributed by atoms with van der Waals surface area (Å²) < 4.78 is 5.11. The summed E-state index contributed by atoms with van der Waals surface area (Å²) in [6.45, 7) is 5.08. The summed E-state index contributed by atoms with van der Waals surface area (Å²) in [4.78, 5) is 36.8. The van der Waals surface area contributed by atoms with Crippen LogP contribution in [0.25, 0.3) is 0 Å². The van der Waals surface area contributed by atoms with Gasteiger partial charge in [-0.25, -0.2) is 10.2 Å². The standard InChI is InChI=1S/C18H24N4O4/c1-12(11-13-5-7-14(26-4)8-6-13)20-21-15(23)9-10-22-16(24)18(2,3)19-17(22)25/h5-8H,9-11H2,1-4H3,(H,19,25)(H,21,23)/b20-12-. The summed E-state index contributed by atoms with van der Waals surface area (Å²) in [6, 6.07) is 7.10. The Morgan fingerprint density at radius 1 is 1.27 bits per heavy atom. The maximum Gasteiger partial charge on any atom is 0.325 e. The van der Waals surface area contributed by atoms with Gasteiger partial charge in [0.15, 0.2) is 0 Å². The molecule has 2 N–H and O–H groups in total. The maximum absolute atomic E-state index is 12.0. The van der Waals surface area contributed by atoms with E-state index in [1.54, 1.807) is 21.0 Å². The molecule has 2 rings (SSSR count). The zero-order valence-electron chi connectivity index (χ0n) is 15.5. The Bertz CT molecular complexity index is 725. The average Bonchev–Trinajstić information content (AvgIpc) is 2.79. The third kappa shape index (κ3) is 4.81. The molecule has 1 aromatic carbocycles. The van der Waals surface area contributed by atoms with Crippen molar-refractivity contribution in [3.63, 3.8) is 0 Å². The fourth-order valence-electron chi connectivity index (χ4n) is 2.53. The van der Waals surface area contributed by atoms with Crippen LogP contribution in [0.5, 0.6) is 5.75 Å². The lowest BCUT2D eigenvalue weighted by atomic mass is 10.1. The van der Waals surface area contributed by atoms with E-state index in [0.29, 0.717) is 6.42 Å². The first kappa shape index (κ1) is 19.4. The van der Waals surface area contributed by atoms with Crippen molar-refractivity contribution in [2.75, 3.05) is 13.7 Å². The van der Waals surface area contributed by atoms with Crippen molar-refractivity contribution < 1.29 is 19.1 Å². The number of hydrogen-bond acceptors (Lipinski definition) is 5. The van der Waals surface area contributed by atoms with Crippen molar-refractivity contribution in [2.45, 2.75) is 39.2 Å². The second-order valence-electron chi connectivity index (χ2n) is 6.67. The van der Waals surface area contributed by atoms with Gasteiger partial charge in [-0.15, -0.1) is 0 Å². The SMILES string of the molecule is COc1ccc(C/C(C)=N\NC(=O)CCN2C(=O)NC(C)(C)C2=O)cc1. The van der Waals surface area contributed by atoms with Gasteiger partial charge in [0.2, 0.25) is 5.91 Å². The quantitative estimate of drug-likeness (QED) is 0.437. The zero-order chi connectivity index (χ0) is 19.3. The van der Waals surface area contributed by atoms with E-state index < -0.39 is 11.6 Å². The molecular weight excluding hydrogens is 336 g/mol. The van der Waals surface area contributed by atoms with E-state index >= 15 is 0 Å². The highest BCUT2D eigenvalue weighted by molar-refractivity contribution is 6.06. The third-order valence-electron chi connectivity index (χ3n) is 4.00. The Labute approximate surface area is 152 Å². The summed E-state index contributed by atoms with van der Waals surface area (Å²) in [6.07, 6.45) is 0.583. The molecule has 0 unspecified atom stereocenters. The molecular formula is C18H24N4O4. The highest BCUT2D eigenvalue weighted by atomic mass is 16.5. The number of ether oxygens (including phenoxy) is 1. The van der Waals surface area contributed by atoms with Crippen molar-refractivity contribution >= 4 is 23.6 Å². The number of nitrogens with one attached hydrogen (secondary N) is 2. The van der Waals surface area contributed by atoms with Gasteiger partial charge in [-0.2, -0.15) is 5.10 Å². The summed E-state index contributed by atoms with van der Waals surface area (Å²) in [5, 5.41) is 6.63. The minimum absolute atomic E-state index is 0.00540. The molecule has 1 aromatic rings. The first-order chi connectivity index (χ1) is 12.2. The van der Waals surface area contributed by atoms with Crippen LogP contribution < -0.4 is 15.5 Å². The van der Waals surface area contributed by atoms with E-state index in [1.807, 2.05) is 31.2 Å². The van der Waals surface area contributed by atoms with Crippen LogP contribution in [0.1, 0.15) is 32.8 Å². The lowest BCUT2D eigenvalue weighted by molar-refractivity contribution is -0.130. The smallest absolute Gasteiger partial charge is 0.325 e. The lowest BCUT2D eigenvalue weighted by Gasteiger charge is -2.15. The number of hydrogen-bond donors (Lipinski definition) is 2. The molecule has 0 radical (unpaired) electrons. The summed E-state index contributed by atoms with van der Waals surface area (Å²) in [5.41, 5.74) is 3.30. The number of amides is 4. The monoisotopic (exact) mass is 360 g/mol. The van der Waals surface area contributed by atoms with E-state index in [9.17, 15) is 14.4 Å². The Morgan fingerprint density at radius 3 is 2.46 bits per heavy atom. The molecule has 0 saturated carbocycles. The molecule has 0 atom stereocenters. The number of carbonyl (C=O) groups is 3. The van der Waals surface area contributed by atoms with Gasteiger partial charge >= 0.3 is 6.03 Å². The van der Waals surface area contributed by atoms with Crippen LogP contribution in [0, 0.1) is 0 Å². The molecule has 0 aliphatic carbocycles. The second kappa shape index (κ2) is 7.99. The molecule has 1 heterocycles. The van der Waals surface area contributed by atoms with Crippen molar-refractivity contribution in [3.8, 4) is 5.75 Å². The van der Waals surface area contributed by atoms with E-state index in [1.165, 1.54) is 0 Å². The van der Waals surface area contributed by atoms with Gasteiger partial charge < -0.3 is 10.1 Å². The van der Waals surface area contributed by atoms with Crippen LogP contribution in [0.15, 0.2) is 29.4 Å². The number of carbonyl (C=O) groups excluding carboxylic acids is 3. The highest BCUT2D eigenvalue weighted by Gasteiger charge is 2.43. The largest absolute Gasteiger partial charge is 0.497 e. The molecule has 1 fully saturated rings. The van der Waals surface area contributed by atoms with Crippen LogP contribution in [-0.4, -0.2) is 47.7 Å². The summed E-state index contributed by atoms with van der Waals surface area (Å²) >= 11 is 0. The molecule has 1 aliphatic rings. The topological polar surface area (TPSA) is 100 Å². The molecule has 0 bridgehead atoms. The van der Waals surface area contributed by atoms with Gasteiger partial charge in [-0.05, 0) is 38.5 Å². The molecule has 26 heavy (non-hydrogen) atoms. The maximum atomic E-state index is 12.0. The summed E-state index contributed by atoms with van der Waals surface area (Å²) in [7, 11) is 1.61. The third-order valence-corrected chi connectivity index (χ3v) is 4.00. The van der Waals surface area contributed by atoms with Gasteiger partial charge in [0.25, 0.3) is 5.91 Å². The fraction of sp³-hybridized carbons (Fsp3) is 0.444. The van der Waals surface area contributed by atoms with E-state index in [4.69, 9.17) is 4.74 Å². The van der Waals surface area contributed by atoms with Crippen LogP contribution in [0.3, 0.4) is 0 Å². The Morgan fingerprint density at radius 2 is 1.92 bits per heavy atom. The van der Waals surface area contributed by atoms with Crippen molar-refractivity contribution in [3.05, 3.63) is 29.8 Å². The molecule has 0 aromatic heterocycles. The predicted octanol–water partition coefficient (Wildman–Crippen LogP) is 1.45. The predicted molar refractivity (Wildman–Crippen MR) is 96.9 cm³/mol. The number of urea groups is 1. The summed E-state index contributed by atoms with van der Waals surface area (Å²) in [5.74, 6) is 0.0826. The van der Waals surface area contributed by atoms with Gasteiger partial charge in [0.05, 0.1) is 7.11 Å². The Balaban J connectivity index is 1.81. The van der Waals surface area contributed by atoms with Gasteiger partial charge in [-0.3, -0.25) is 14.5 Å². The van der Waals surface area contributed by atoms with Crippen LogP contribution in [0.2, 0.25) is 0 Å². The number of imide groups is 1. The van der Waals surface area contributed by atoms with E-state index in [2.05, 4.69) is 15.8 Å². The van der Waals surface area contributed by atoms with Crippen molar-refractivity contribution in [1.29, 1.82) is 0 Å². The van der Waals surface area contributed by atoms with Gasteiger partial charge in [-0.1, -0.05) is 12.1 Å². The molecule has 8 nitrogen and oxygen atoms in total. The lowest BCUT2D eigenvalue weighted by Crippen LogP contribution is -2.40. The second-order valence-corrected chi connectivity index (χ2v) is 6.67. The Hall–Kier alpha value is -2.90. The van der Waals surface area contributed by atoms with Crippen LogP contribution >= 0.6 is 0 Å². The van der Waals surface area contributed by atoms with E-state index in [0.717, 1.165) is 21.9 Å². The normalized spacial score (nSPS) is 16.5. The van der Waals surface area contributed by atoms with Gasteiger partial charge in [0, 0.05) is 25.1 Å². The highest BCUT2D eigenvalue weighted by Crippen LogP contribution is 2.16. The number of benzene rings is 1. The fourth-order valence-corrected chi connectivity index (χ4v) is 2.53. The van der Waals surface area contributed by atoms with Crippen molar-refractivity contribution in [2.24, 2.45) is 5.10 Å². The molecule has 1 saturated heterocycles. The molecule has 0 spiro atoms. The zero-order valence-corrected chi connectivity index (χ0v) is 15.5. The first-order valence-corrected chi connectivity index (χ1v) is 8.32. The average molecular weight is 360 g/mol. The van der Waals surface area contributed by atoms with E-state index in [-0.39, 0.29) is 24.8 Å². The van der Waals surface area contributed by atoms with Crippen LogP contribution in [0.4, 0.5) is 4.79 Å². The minimum Gasteiger partial charge on any atom is -0.497 e. The number of rotatable bonds is 7. The molecule has 4 amide bonds. The number of nitrogens with zero attached hydrogens (tertiary/aromatic N) is 2. The Kier molecular flexibility index (Phi) is 5.97. The van der Waals surface area contributed by atoms with Gasteiger partial charge in [0.1, 0.15) is 11.3 Å². The molecule has 140 valence electrons. The van der Waals surface area contributed by atoms with Crippen LogP contribution in [-0.2, 0) is 16.0 Å². The number of methoxy groups -OCH3 is 1. The molecule has 1 aliphatic heterocycles.